The lowest BCUT2D eigenvalue weighted by molar-refractivity contribution is 0.255. The molecule has 0 fully saturated rings. The van der Waals surface area contributed by atoms with E-state index in [1.165, 1.54) is 27.7 Å². The van der Waals surface area contributed by atoms with Crippen molar-refractivity contribution in [3.63, 3.8) is 0 Å². The van der Waals surface area contributed by atoms with E-state index in [1.54, 1.807) is 48.5 Å². The van der Waals surface area contributed by atoms with Crippen LogP contribution in [0.3, 0.4) is 0 Å². The minimum atomic E-state index is -3.71. The van der Waals surface area contributed by atoms with Gasteiger partial charge in [0, 0.05) is 11.4 Å². The normalized spacial score (nSPS) is 11.8. The minimum Gasteiger partial charge on any atom is -0.307 e. The van der Waals surface area contributed by atoms with Crippen LogP contribution >= 0.6 is 0 Å². The minimum absolute atomic E-state index is 0.442. The number of amides is 4. The van der Waals surface area contributed by atoms with Crippen molar-refractivity contribution in [2.45, 2.75) is 44.6 Å². The molecule has 0 aliphatic carbocycles. The van der Waals surface area contributed by atoms with Gasteiger partial charge in [0.1, 0.15) is 0 Å². The molecule has 33 heavy (non-hydrogen) atoms. The Morgan fingerprint density at radius 1 is 0.636 bits per heavy atom. The molecule has 12 heteroatoms. The molecule has 0 bridgehead atoms. The molecule has 0 aromatic heterocycles. The van der Waals surface area contributed by atoms with Crippen molar-refractivity contribution in [2.24, 2.45) is 0 Å². The average Bonchev–Trinajstić information content (AvgIpc) is 2.69. The van der Waals surface area contributed by atoms with Crippen molar-refractivity contribution in [1.82, 2.24) is 9.44 Å². The lowest BCUT2D eigenvalue weighted by Gasteiger charge is -2.12. The fourth-order valence-corrected chi connectivity index (χ4v) is 3.55. The number of nitrogens with one attached hydrogen (secondary N) is 4. The van der Waals surface area contributed by atoms with Crippen LogP contribution in [0.25, 0.3) is 0 Å². The molecule has 0 heterocycles. The van der Waals surface area contributed by atoms with Crippen LogP contribution in [0.15, 0.2) is 48.5 Å². The van der Waals surface area contributed by atoms with Crippen LogP contribution in [-0.2, 0) is 26.5 Å². The zero-order valence-electron chi connectivity index (χ0n) is 18.7. The van der Waals surface area contributed by atoms with Gasteiger partial charge in [0.2, 0.25) is 20.0 Å². The van der Waals surface area contributed by atoms with E-state index in [-0.39, 0.29) is 0 Å². The number of rotatable bonds is 8. The third-order valence-electron chi connectivity index (χ3n) is 4.54. The third kappa shape index (κ3) is 8.06. The molecule has 4 amide bonds. The molecular weight excluding hydrogens is 468 g/mol. The molecule has 2 aromatic carbocycles. The Kier molecular flexibility index (Phi) is 8.45. The summed E-state index contributed by atoms with van der Waals surface area (Å²) in [7, 11) is -7.43. The second kappa shape index (κ2) is 10.7. The zero-order chi connectivity index (χ0) is 24.8. The Hall–Kier alpha value is -3.12. The Labute approximate surface area is 194 Å². The van der Waals surface area contributed by atoms with Crippen LogP contribution in [-0.4, -0.2) is 39.4 Å². The molecule has 10 nitrogen and oxygen atoms in total. The first kappa shape index (κ1) is 26.1. The molecule has 0 radical (unpaired) electrons. The molecule has 0 aliphatic rings. The quantitative estimate of drug-likeness (QED) is 0.441. The molecule has 4 N–H and O–H groups in total. The van der Waals surface area contributed by atoms with Crippen molar-refractivity contribution < 1.29 is 26.4 Å². The fraction of sp³-hybridized carbons (Fsp3) is 0.333. The summed E-state index contributed by atoms with van der Waals surface area (Å²) in [6, 6.07) is 12.2. The predicted octanol–water partition coefficient (Wildman–Crippen LogP) is 3.00. The Morgan fingerprint density at radius 2 is 0.939 bits per heavy atom. The van der Waals surface area contributed by atoms with Gasteiger partial charge in [-0.1, -0.05) is 24.3 Å². The number of hydrogen-bond donors (Lipinski definition) is 4. The van der Waals surface area contributed by atoms with E-state index in [4.69, 9.17) is 0 Å². The molecule has 180 valence electrons. The van der Waals surface area contributed by atoms with Crippen molar-refractivity contribution in [1.29, 1.82) is 0 Å². The van der Waals surface area contributed by atoms with E-state index in [1.807, 2.05) is 9.44 Å². The summed E-state index contributed by atoms with van der Waals surface area (Å²) < 4.78 is 50.8. The number of anilines is 2. The van der Waals surface area contributed by atoms with E-state index in [0.29, 0.717) is 17.8 Å². The van der Waals surface area contributed by atoms with Crippen LogP contribution in [0.2, 0.25) is 0 Å². The molecular formula is C21H28N4O6S2. The molecule has 0 unspecified atom stereocenters. The Bertz CT molecular complexity index is 1090. The first-order valence-corrected chi connectivity index (χ1v) is 13.2. The molecule has 0 spiro atoms. The molecule has 2 rings (SSSR count). The molecule has 0 atom stereocenters. The molecule has 0 saturated carbocycles. The first-order chi connectivity index (χ1) is 15.3. The number of carbonyl (C=O) groups is 2. The van der Waals surface area contributed by atoms with E-state index < -0.39 is 42.6 Å². The largest absolute Gasteiger partial charge is 0.332 e. The maximum atomic E-state index is 11.9. The van der Waals surface area contributed by atoms with Gasteiger partial charge >= 0.3 is 12.1 Å². The summed E-state index contributed by atoms with van der Waals surface area (Å²) in [5.41, 5.74) is 2.77. The smallest absolute Gasteiger partial charge is 0.307 e. The van der Waals surface area contributed by atoms with E-state index in [2.05, 4.69) is 10.6 Å². The summed E-state index contributed by atoms with van der Waals surface area (Å²) in [5, 5.41) is 3.49. The van der Waals surface area contributed by atoms with Gasteiger partial charge in [0.05, 0.1) is 10.5 Å². The van der Waals surface area contributed by atoms with Crippen LogP contribution in [0, 0.1) is 0 Å². The van der Waals surface area contributed by atoms with Crippen LogP contribution in [0.1, 0.15) is 38.8 Å². The maximum absolute atomic E-state index is 11.9. The molecule has 0 aliphatic heterocycles. The lowest BCUT2D eigenvalue weighted by atomic mass is 10.0. The summed E-state index contributed by atoms with van der Waals surface area (Å²) >= 11 is 0. The van der Waals surface area contributed by atoms with Gasteiger partial charge in [0.15, 0.2) is 0 Å². The average molecular weight is 497 g/mol. The van der Waals surface area contributed by atoms with Crippen molar-refractivity contribution in [3.05, 3.63) is 59.7 Å². The van der Waals surface area contributed by atoms with Crippen molar-refractivity contribution in [3.8, 4) is 0 Å². The van der Waals surface area contributed by atoms with Crippen molar-refractivity contribution >= 4 is 43.5 Å². The zero-order valence-corrected chi connectivity index (χ0v) is 20.4. The van der Waals surface area contributed by atoms with Crippen LogP contribution in [0.4, 0.5) is 21.0 Å². The number of hydrogen-bond acceptors (Lipinski definition) is 6. The highest BCUT2D eigenvalue weighted by Crippen LogP contribution is 2.16. The van der Waals surface area contributed by atoms with Gasteiger partial charge in [-0.2, -0.15) is 0 Å². The first-order valence-electron chi connectivity index (χ1n) is 10.1. The van der Waals surface area contributed by atoms with Gasteiger partial charge in [-0.05, 0) is 69.5 Å². The van der Waals surface area contributed by atoms with E-state index in [9.17, 15) is 26.4 Å². The number of carbonyl (C=O) groups excluding carboxylic acids is 2. The number of sulfonamides is 2. The maximum Gasteiger partial charge on any atom is 0.332 e. The highest BCUT2D eigenvalue weighted by Gasteiger charge is 2.19. The molecule has 0 saturated heterocycles. The summed E-state index contributed by atoms with van der Waals surface area (Å²) in [6.07, 6.45) is 0.572. The van der Waals surface area contributed by atoms with Crippen LogP contribution in [0.5, 0.6) is 0 Å². The second-order valence-corrected chi connectivity index (χ2v) is 12.3. The third-order valence-corrected chi connectivity index (χ3v) is 7.97. The van der Waals surface area contributed by atoms with E-state index >= 15 is 0 Å². The van der Waals surface area contributed by atoms with Gasteiger partial charge in [-0.3, -0.25) is 0 Å². The topological polar surface area (TPSA) is 151 Å². The number of benzene rings is 2. The van der Waals surface area contributed by atoms with Crippen LogP contribution < -0.4 is 20.1 Å². The predicted molar refractivity (Wildman–Crippen MR) is 128 cm³/mol. The highest BCUT2D eigenvalue weighted by atomic mass is 32.2. The lowest BCUT2D eigenvalue weighted by Crippen LogP contribution is -2.38. The SMILES string of the molecule is CC(C)S(=O)(=O)NC(=O)Nc1ccc(Cc2ccc(NC(=O)NS(=O)(=O)C(C)C)cc2)cc1. The molecule has 2 aromatic rings. The van der Waals surface area contributed by atoms with Gasteiger partial charge in [-0.15, -0.1) is 0 Å². The summed E-state index contributed by atoms with van der Waals surface area (Å²) in [4.78, 5) is 23.7. The summed E-state index contributed by atoms with van der Waals surface area (Å²) in [6.45, 7) is 5.89. The number of urea groups is 2. The monoisotopic (exact) mass is 496 g/mol. The van der Waals surface area contributed by atoms with E-state index in [0.717, 1.165) is 11.1 Å². The summed E-state index contributed by atoms with van der Waals surface area (Å²) in [5.74, 6) is 0. The van der Waals surface area contributed by atoms with Crippen molar-refractivity contribution in [2.75, 3.05) is 10.6 Å². The van der Waals surface area contributed by atoms with Gasteiger partial charge < -0.3 is 10.6 Å². The standard InChI is InChI=1S/C21H28N4O6S2/c1-14(2)32(28,29)24-20(26)22-18-9-5-16(6-10-18)13-17-7-11-19(12-8-17)23-21(27)25-33(30,31)15(3)4/h5-12,14-15H,13H2,1-4H3,(H2,22,24,26)(H2,23,25,27). The van der Waals surface area contributed by atoms with Gasteiger partial charge in [0.25, 0.3) is 0 Å². The van der Waals surface area contributed by atoms with Gasteiger partial charge in [-0.25, -0.2) is 35.9 Å². The fourth-order valence-electron chi connectivity index (χ4n) is 2.45. The second-order valence-electron chi connectivity index (χ2n) is 7.87. The Balaban J connectivity index is 1.92. The highest BCUT2D eigenvalue weighted by molar-refractivity contribution is 7.90. The Morgan fingerprint density at radius 3 is 1.21 bits per heavy atom.